The maximum absolute atomic E-state index is 13.2. The molecule has 2 aromatic rings. The van der Waals surface area contributed by atoms with E-state index in [-0.39, 0.29) is 16.7 Å². The Labute approximate surface area is 184 Å². The van der Waals surface area contributed by atoms with Crippen LogP contribution in [0.1, 0.15) is 24.1 Å². The summed E-state index contributed by atoms with van der Waals surface area (Å²) in [5.41, 5.74) is 2.29. The third kappa shape index (κ3) is 5.52. The molecule has 0 spiro atoms. The minimum atomic E-state index is -3.94. The van der Waals surface area contributed by atoms with Gasteiger partial charge in [-0.2, -0.15) is 0 Å². The van der Waals surface area contributed by atoms with Crippen LogP contribution in [0.3, 0.4) is 0 Å². The summed E-state index contributed by atoms with van der Waals surface area (Å²) in [6.45, 7) is 2.48. The van der Waals surface area contributed by atoms with Crippen molar-refractivity contribution in [1.82, 2.24) is 10.2 Å². The summed E-state index contributed by atoms with van der Waals surface area (Å²) < 4.78 is 64.1. The molecular formula is C22H29FN2O4S2. The number of nitrogens with zero attached hydrogens (tertiary/aromatic N) is 1. The van der Waals surface area contributed by atoms with Gasteiger partial charge in [0.05, 0.1) is 21.7 Å². The van der Waals surface area contributed by atoms with Gasteiger partial charge in [0.25, 0.3) is 0 Å². The van der Waals surface area contributed by atoms with Gasteiger partial charge in [-0.3, -0.25) is 0 Å². The largest absolute Gasteiger partial charge is 0.310 e. The van der Waals surface area contributed by atoms with E-state index < -0.39 is 42.5 Å². The van der Waals surface area contributed by atoms with Gasteiger partial charge >= 0.3 is 0 Å². The monoisotopic (exact) mass is 468 g/mol. The van der Waals surface area contributed by atoms with E-state index in [2.05, 4.69) is 24.4 Å². The van der Waals surface area contributed by atoms with Crippen LogP contribution in [-0.4, -0.2) is 65.2 Å². The lowest BCUT2D eigenvalue weighted by molar-refractivity contribution is 0.282. The fourth-order valence-corrected chi connectivity index (χ4v) is 8.66. The normalized spacial score (nSPS) is 22.0. The first-order chi connectivity index (χ1) is 14.5. The van der Waals surface area contributed by atoms with Gasteiger partial charge in [-0.05, 0) is 55.9 Å². The molecule has 6 nitrogen and oxygen atoms in total. The summed E-state index contributed by atoms with van der Waals surface area (Å²) in [4.78, 5) is 1.95. The second-order valence-corrected chi connectivity index (χ2v) is 12.5. The highest BCUT2D eigenvalue weighted by molar-refractivity contribution is 7.96. The molecule has 3 atom stereocenters. The van der Waals surface area contributed by atoms with E-state index >= 15 is 0 Å². The lowest BCUT2D eigenvalue weighted by Crippen LogP contribution is -2.46. The van der Waals surface area contributed by atoms with Gasteiger partial charge < -0.3 is 10.2 Å². The Hall–Kier alpha value is -1.81. The van der Waals surface area contributed by atoms with E-state index in [0.29, 0.717) is 6.54 Å². The van der Waals surface area contributed by atoms with Crippen LogP contribution in [0.2, 0.25) is 0 Å². The van der Waals surface area contributed by atoms with Crippen molar-refractivity contribution in [3.8, 4) is 0 Å². The van der Waals surface area contributed by atoms with Gasteiger partial charge in [-0.25, -0.2) is 21.2 Å². The van der Waals surface area contributed by atoms with Crippen molar-refractivity contribution in [3.63, 3.8) is 0 Å². The maximum atomic E-state index is 13.2. The first kappa shape index (κ1) is 23.8. The Kier molecular flexibility index (Phi) is 7.20. The zero-order valence-corrected chi connectivity index (χ0v) is 19.6. The molecule has 0 aromatic heterocycles. The zero-order valence-electron chi connectivity index (χ0n) is 18.0. The first-order valence-electron chi connectivity index (χ1n) is 10.2. The van der Waals surface area contributed by atoms with Crippen LogP contribution in [0.4, 0.5) is 4.39 Å². The second kappa shape index (κ2) is 9.36. The molecule has 1 N–H and O–H groups in total. The van der Waals surface area contributed by atoms with Crippen molar-refractivity contribution in [2.75, 3.05) is 32.1 Å². The van der Waals surface area contributed by atoms with Crippen molar-refractivity contribution in [2.45, 2.75) is 35.6 Å². The molecule has 1 aliphatic rings. The minimum absolute atomic E-state index is 0.0524. The van der Waals surface area contributed by atoms with Gasteiger partial charge in [0.1, 0.15) is 5.82 Å². The zero-order chi connectivity index (χ0) is 22.8. The van der Waals surface area contributed by atoms with Crippen LogP contribution < -0.4 is 5.32 Å². The topological polar surface area (TPSA) is 83.5 Å². The Morgan fingerprint density at radius 3 is 2.23 bits per heavy atom. The SMILES string of the molecule is CCc1ccc(C(CN[C@H]2CS(=O)(=O)C[C@@H]2S(=O)(=O)c2ccc(F)cc2)N(C)C)cc1. The third-order valence-electron chi connectivity index (χ3n) is 5.81. The highest BCUT2D eigenvalue weighted by Crippen LogP contribution is 2.27. The van der Waals surface area contributed by atoms with Gasteiger partial charge in [0.15, 0.2) is 19.7 Å². The van der Waals surface area contributed by atoms with E-state index in [1.54, 1.807) is 0 Å². The highest BCUT2D eigenvalue weighted by atomic mass is 32.2. The number of hydrogen-bond donors (Lipinski definition) is 1. The summed E-state index contributed by atoms with van der Waals surface area (Å²) in [6, 6.07) is 11.9. The minimum Gasteiger partial charge on any atom is -0.310 e. The Balaban J connectivity index is 1.82. The predicted octanol–water partition coefficient (Wildman–Crippen LogP) is 2.22. The molecule has 0 aliphatic carbocycles. The van der Waals surface area contributed by atoms with Crippen LogP contribution in [0, 0.1) is 5.82 Å². The van der Waals surface area contributed by atoms with Crippen LogP contribution in [0.15, 0.2) is 53.4 Å². The molecule has 1 heterocycles. The number of benzene rings is 2. The fraction of sp³-hybridized carbons (Fsp3) is 0.455. The van der Waals surface area contributed by atoms with Crippen molar-refractivity contribution >= 4 is 19.7 Å². The van der Waals surface area contributed by atoms with Crippen molar-refractivity contribution < 1.29 is 21.2 Å². The molecule has 2 aromatic carbocycles. The quantitative estimate of drug-likeness (QED) is 0.598. The van der Waals surface area contributed by atoms with Crippen LogP contribution >= 0.6 is 0 Å². The van der Waals surface area contributed by atoms with E-state index in [4.69, 9.17) is 0 Å². The van der Waals surface area contributed by atoms with E-state index in [1.807, 2.05) is 31.1 Å². The fourth-order valence-electron chi connectivity index (χ4n) is 3.95. The van der Waals surface area contributed by atoms with E-state index in [9.17, 15) is 21.2 Å². The summed E-state index contributed by atoms with van der Waals surface area (Å²) in [5.74, 6) is -1.23. The van der Waals surface area contributed by atoms with E-state index in [0.717, 1.165) is 24.1 Å². The van der Waals surface area contributed by atoms with Crippen LogP contribution in [0.5, 0.6) is 0 Å². The first-order valence-corrected chi connectivity index (χ1v) is 13.6. The summed E-state index contributed by atoms with van der Waals surface area (Å²) in [7, 11) is -3.60. The number of halogens is 1. The number of rotatable bonds is 8. The van der Waals surface area contributed by atoms with Crippen molar-refractivity contribution in [1.29, 1.82) is 0 Å². The molecule has 9 heteroatoms. The average Bonchev–Trinajstić information content (AvgIpc) is 3.04. The van der Waals surface area contributed by atoms with Gasteiger partial charge in [-0.1, -0.05) is 31.2 Å². The molecule has 31 heavy (non-hydrogen) atoms. The predicted molar refractivity (Wildman–Crippen MR) is 120 cm³/mol. The van der Waals surface area contributed by atoms with Crippen LogP contribution in [-0.2, 0) is 26.1 Å². The van der Waals surface area contributed by atoms with Crippen molar-refractivity contribution in [2.24, 2.45) is 0 Å². The Bertz CT molecular complexity index is 1100. The molecule has 0 saturated carbocycles. The molecule has 170 valence electrons. The Morgan fingerprint density at radius 1 is 1.06 bits per heavy atom. The molecule has 0 radical (unpaired) electrons. The molecule has 0 amide bonds. The molecule has 1 fully saturated rings. The lowest BCUT2D eigenvalue weighted by Gasteiger charge is -2.28. The van der Waals surface area contributed by atoms with Gasteiger partial charge in [0, 0.05) is 18.6 Å². The summed E-state index contributed by atoms with van der Waals surface area (Å²) in [6.07, 6.45) is 0.939. The summed E-state index contributed by atoms with van der Waals surface area (Å²) >= 11 is 0. The summed E-state index contributed by atoms with van der Waals surface area (Å²) in [5, 5.41) is 2.09. The number of nitrogens with one attached hydrogen (secondary N) is 1. The van der Waals surface area contributed by atoms with Crippen molar-refractivity contribution in [3.05, 3.63) is 65.5 Å². The molecule has 3 rings (SSSR count). The maximum Gasteiger partial charge on any atom is 0.183 e. The van der Waals surface area contributed by atoms with Gasteiger partial charge in [0.2, 0.25) is 0 Å². The molecule has 0 bridgehead atoms. The molecule has 1 unspecified atom stereocenters. The lowest BCUT2D eigenvalue weighted by atomic mass is 10.0. The third-order valence-corrected chi connectivity index (χ3v) is 9.98. The van der Waals surface area contributed by atoms with Crippen LogP contribution in [0.25, 0.3) is 0 Å². The smallest absolute Gasteiger partial charge is 0.183 e. The Morgan fingerprint density at radius 2 is 1.68 bits per heavy atom. The van der Waals surface area contributed by atoms with E-state index in [1.165, 1.54) is 17.7 Å². The number of likely N-dealkylation sites (N-methyl/N-ethyl adjacent to an activating group) is 1. The molecule has 1 aliphatic heterocycles. The van der Waals surface area contributed by atoms with Gasteiger partial charge in [-0.15, -0.1) is 0 Å². The number of sulfone groups is 2. The second-order valence-electron chi connectivity index (χ2n) is 8.20. The number of hydrogen-bond acceptors (Lipinski definition) is 6. The standard InChI is InChI=1S/C22H29FN2O4S2/c1-4-16-5-7-17(8-6-16)21(25(2)3)13-24-20-14-30(26,27)15-22(20)31(28,29)19-11-9-18(23)10-12-19/h5-12,20-22,24H,4,13-15H2,1-3H3/t20-,21?,22-/m0/s1. The average molecular weight is 469 g/mol. The molecular weight excluding hydrogens is 439 g/mol. The number of aryl methyl sites for hydroxylation is 1. The molecule has 1 saturated heterocycles. The highest BCUT2D eigenvalue weighted by Gasteiger charge is 2.45.